The second-order valence-electron chi connectivity index (χ2n) is 4.69. The maximum atomic E-state index is 13.6. The summed E-state index contributed by atoms with van der Waals surface area (Å²) in [6, 6.07) is 3.54. The molecule has 2 unspecified atom stereocenters. The summed E-state index contributed by atoms with van der Waals surface area (Å²) in [4.78, 5) is 11.7. The van der Waals surface area contributed by atoms with E-state index < -0.39 is 36.7 Å². The van der Waals surface area contributed by atoms with Crippen molar-refractivity contribution >= 4 is 5.91 Å². The van der Waals surface area contributed by atoms with Crippen molar-refractivity contribution in [2.24, 2.45) is 0 Å². The molecule has 0 spiro atoms. The van der Waals surface area contributed by atoms with Crippen LogP contribution in [0.1, 0.15) is 25.5 Å². The minimum atomic E-state index is -4.50. The number of rotatable bonds is 6. The lowest BCUT2D eigenvalue weighted by Crippen LogP contribution is -2.37. The molecule has 1 rings (SSSR count). The average Bonchev–Trinajstić information content (AvgIpc) is 2.43. The first-order chi connectivity index (χ1) is 10.1. The van der Waals surface area contributed by atoms with Gasteiger partial charge in [0.2, 0.25) is 5.91 Å². The van der Waals surface area contributed by atoms with Crippen molar-refractivity contribution in [3.8, 4) is 5.75 Å². The monoisotopic (exact) mass is 323 g/mol. The van der Waals surface area contributed by atoms with Crippen molar-refractivity contribution in [3.63, 3.8) is 0 Å². The van der Waals surface area contributed by atoms with E-state index in [1.54, 1.807) is 13.0 Å². The molecule has 0 radical (unpaired) electrons. The van der Waals surface area contributed by atoms with E-state index in [0.717, 1.165) is 0 Å². The van der Waals surface area contributed by atoms with Crippen LogP contribution in [-0.2, 0) is 9.53 Å². The molecule has 0 aliphatic heterocycles. The van der Waals surface area contributed by atoms with E-state index >= 15 is 0 Å². The highest BCUT2D eigenvalue weighted by atomic mass is 19.4. The quantitative estimate of drug-likeness (QED) is 0.819. The number of nitrogens with one attached hydrogen (secondary N) is 1. The first-order valence-electron chi connectivity index (χ1n) is 6.46. The number of carbonyl (C=O) groups excluding carboxylic acids is 1. The van der Waals surface area contributed by atoms with Crippen LogP contribution >= 0.6 is 0 Å². The number of benzene rings is 1. The molecule has 1 aromatic carbocycles. The van der Waals surface area contributed by atoms with Crippen molar-refractivity contribution in [1.82, 2.24) is 5.32 Å². The van der Waals surface area contributed by atoms with Gasteiger partial charge in [0.1, 0.15) is 12.7 Å². The van der Waals surface area contributed by atoms with Crippen LogP contribution in [0.5, 0.6) is 5.75 Å². The highest BCUT2D eigenvalue weighted by molar-refractivity contribution is 5.80. The van der Waals surface area contributed by atoms with Gasteiger partial charge >= 0.3 is 6.18 Å². The third-order valence-corrected chi connectivity index (χ3v) is 2.90. The van der Waals surface area contributed by atoms with Crippen molar-refractivity contribution < 1.29 is 31.8 Å². The normalized spacial score (nSPS) is 14.3. The van der Waals surface area contributed by atoms with Gasteiger partial charge in [0, 0.05) is 0 Å². The summed E-state index contributed by atoms with van der Waals surface area (Å²) in [6.07, 6.45) is -5.77. The van der Waals surface area contributed by atoms with Crippen LogP contribution in [0.15, 0.2) is 18.2 Å². The zero-order valence-electron chi connectivity index (χ0n) is 12.3. The molecule has 8 heteroatoms. The SMILES string of the molecule is COc1ccc(C(C)NC(=O)C(C)OCC(F)(F)F)cc1F. The summed E-state index contributed by atoms with van der Waals surface area (Å²) in [7, 11) is 1.32. The summed E-state index contributed by atoms with van der Waals surface area (Å²) < 4.78 is 58.8. The molecule has 1 N–H and O–H groups in total. The highest BCUT2D eigenvalue weighted by Gasteiger charge is 2.30. The fraction of sp³-hybridized carbons (Fsp3) is 0.500. The van der Waals surface area contributed by atoms with E-state index in [1.807, 2.05) is 0 Å². The van der Waals surface area contributed by atoms with Crippen molar-refractivity contribution in [1.29, 1.82) is 0 Å². The summed E-state index contributed by atoms with van der Waals surface area (Å²) in [6.45, 7) is 1.28. The summed E-state index contributed by atoms with van der Waals surface area (Å²) in [5.74, 6) is -1.25. The van der Waals surface area contributed by atoms with E-state index in [9.17, 15) is 22.4 Å². The third-order valence-electron chi connectivity index (χ3n) is 2.90. The molecule has 22 heavy (non-hydrogen) atoms. The van der Waals surface area contributed by atoms with E-state index in [2.05, 4.69) is 10.1 Å². The number of amides is 1. The van der Waals surface area contributed by atoms with Crippen LogP contribution in [0.3, 0.4) is 0 Å². The van der Waals surface area contributed by atoms with Crippen molar-refractivity contribution in [3.05, 3.63) is 29.6 Å². The van der Waals surface area contributed by atoms with Crippen molar-refractivity contribution in [2.45, 2.75) is 32.2 Å². The molecule has 0 saturated heterocycles. The van der Waals surface area contributed by atoms with E-state index in [-0.39, 0.29) is 5.75 Å². The maximum Gasteiger partial charge on any atom is 0.411 e. The molecular formula is C14H17F4NO3. The molecule has 124 valence electrons. The topological polar surface area (TPSA) is 47.6 Å². The fourth-order valence-electron chi connectivity index (χ4n) is 1.66. The van der Waals surface area contributed by atoms with Gasteiger partial charge in [-0.3, -0.25) is 4.79 Å². The van der Waals surface area contributed by atoms with Gasteiger partial charge in [-0.1, -0.05) is 6.07 Å². The van der Waals surface area contributed by atoms with Crippen LogP contribution in [-0.4, -0.2) is 31.9 Å². The van der Waals surface area contributed by atoms with Crippen LogP contribution in [0.4, 0.5) is 17.6 Å². The Kier molecular flexibility index (Phi) is 6.16. The minimum Gasteiger partial charge on any atom is -0.494 e. The van der Waals surface area contributed by atoms with E-state index in [4.69, 9.17) is 4.74 Å². The number of hydrogen-bond acceptors (Lipinski definition) is 3. The molecule has 0 saturated carbocycles. The number of halogens is 4. The predicted molar refractivity (Wildman–Crippen MR) is 71.0 cm³/mol. The lowest BCUT2D eigenvalue weighted by Gasteiger charge is -2.19. The van der Waals surface area contributed by atoms with Gasteiger partial charge in [0.25, 0.3) is 0 Å². The van der Waals surface area contributed by atoms with Gasteiger partial charge in [-0.25, -0.2) is 4.39 Å². The second kappa shape index (κ2) is 7.44. The zero-order chi connectivity index (χ0) is 16.9. The number of hydrogen-bond donors (Lipinski definition) is 1. The van der Waals surface area contributed by atoms with Crippen LogP contribution in [0.25, 0.3) is 0 Å². The van der Waals surface area contributed by atoms with E-state index in [0.29, 0.717) is 5.56 Å². The number of methoxy groups -OCH3 is 1. The summed E-state index contributed by atoms with van der Waals surface area (Å²) in [5.41, 5.74) is 0.453. The first kappa shape index (κ1) is 18.2. The van der Waals surface area contributed by atoms with Gasteiger partial charge in [0.15, 0.2) is 11.6 Å². The molecule has 2 atom stereocenters. The van der Waals surface area contributed by atoms with Gasteiger partial charge < -0.3 is 14.8 Å². The van der Waals surface area contributed by atoms with Gasteiger partial charge in [0.05, 0.1) is 13.2 Å². The Morgan fingerprint density at radius 3 is 2.45 bits per heavy atom. The Hall–Kier alpha value is -1.83. The Bertz CT molecular complexity index is 519. The third kappa shape index (κ3) is 5.51. The molecule has 0 heterocycles. The number of ether oxygens (including phenoxy) is 2. The molecule has 1 aromatic rings. The Balaban J connectivity index is 2.62. The number of carbonyl (C=O) groups is 1. The molecule has 0 bridgehead atoms. The Morgan fingerprint density at radius 2 is 1.95 bits per heavy atom. The standard InChI is InChI=1S/C14H17F4NO3/c1-8(10-4-5-12(21-3)11(15)6-10)19-13(20)9(2)22-7-14(16,17)18/h4-6,8-9H,7H2,1-3H3,(H,19,20). The van der Waals surface area contributed by atoms with Gasteiger partial charge in [-0.05, 0) is 31.5 Å². The Labute approximate surface area is 125 Å². The van der Waals surface area contributed by atoms with Gasteiger partial charge in [-0.15, -0.1) is 0 Å². The molecule has 0 fully saturated rings. The fourth-order valence-corrected chi connectivity index (χ4v) is 1.66. The summed E-state index contributed by atoms with van der Waals surface area (Å²) in [5, 5.41) is 2.46. The Morgan fingerprint density at radius 1 is 1.32 bits per heavy atom. The number of alkyl halides is 3. The highest BCUT2D eigenvalue weighted by Crippen LogP contribution is 2.22. The molecule has 1 amide bonds. The maximum absolute atomic E-state index is 13.6. The molecule has 0 aromatic heterocycles. The molecule has 4 nitrogen and oxygen atoms in total. The lowest BCUT2D eigenvalue weighted by atomic mass is 10.1. The first-order valence-corrected chi connectivity index (χ1v) is 6.46. The second-order valence-corrected chi connectivity index (χ2v) is 4.69. The van der Waals surface area contributed by atoms with Crippen molar-refractivity contribution in [2.75, 3.05) is 13.7 Å². The summed E-state index contributed by atoms with van der Waals surface area (Å²) >= 11 is 0. The van der Waals surface area contributed by atoms with Crippen LogP contribution in [0, 0.1) is 5.82 Å². The lowest BCUT2D eigenvalue weighted by molar-refractivity contribution is -0.185. The van der Waals surface area contributed by atoms with Crippen LogP contribution in [0.2, 0.25) is 0 Å². The molecule has 0 aliphatic rings. The van der Waals surface area contributed by atoms with Gasteiger partial charge in [-0.2, -0.15) is 13.2 Å². The largest absolute Gasteiger partial charge is 0.494 e. The average molecular weight is 323 g/mol. The minimum absolute atomic E-state index is 0.0594. The van der Waals surface area contributed by atoms with E-state index in [1.165, 1.54) is 26.2 Å². The predicted octanol–water partition coefficient (Wildman–Crippen LogP) is 2.98. The molecular weight excluding hydrogens is 306 g/mol. The molecule has 0 aliphatic carbocycles. The zero-order valence-corrected chi connectivity index (χ0v) is 12.3. The van der Waals surface area contributed by atoms with Crippen LogP contribution < -0.4 is 10.1 Å². The smallest absolute Gasteiger partial charge is 0.411 e.